The Morgan fingerprint density at radius 1 is 1.39 bits per heavy atom. The van der Waals surface area contributed by atoms with Crippen molar-refractivity contribution in [3.05, 3.63) is 21.9 Å². The van der Waals surface area contributed by atoms with E-state index in [-0.39, 0.29) is 17.9 Å². The molecule has 1 aliphatic heterocycles. The monoisotopic (exact) mass is 346 g/mol. The van der Waals surface area contributed by atoms with Crippen LogP contribution in [0.1, 0.15) is 35.6 Å². The fourth-order valence-corrected chi connectivity index (χ4v) is 4.44. The molecule has 0 aromatic carbocycles. The van der Waals surface area contributed by atoms with Crippen LogP contribution in [0, 0.1) is 12.8 Å². The molecule has 3 nitrogen and oxygen atoms in total. The SMILES string of the molecule is Cc1ccsc1C1CC1C(=O)NC1CCN(CC(F)(F)F)CC1. The maximum Gasteiger partial charge on any atom is 0.401 e. The molecule has 1 saturated carbocycles. The number of nitrogens with one attached hydrogen (secondary N) is 1. The lowest BCUT2D eigenvalue weighted by Crippen LogP contribution is -2.47. The van der Waals surface area contributed by atoms with E-state index in [0.29, 0.717) is 31.8 Å². The lowest BCUT2D eigenvalue weighted by Gasteiger charge is -2.32. The van der Waals surface area contributed by atoms with Crippen LogP contribution in [0.3, 0.4) is 0 Å². The van der Waals surface area contributed by atoms with Gasteiger partial charge in [0.05, 0.1) is 6.54 Å². The van der Waals surface area contributed by atoms with Crippen molar-refractivity contribution in [2.24, 2.45) is 5.92 Å². The Kier molecular flexibility index (Phi) is 4.69. The van der Waals surface area contributed by atoms with Gasteiger partial charge in [-0.15, -0.1) is 11.3 Å². The molecule has 1 N–H and O–H groups in total. The van der Waals surface area contributed by atoms with Gasteiger partial charge in [-0.25, -0.2) is 0 Å². The van der Waals surface area contributed by atoms with Gasteiger partial charge in [-0.05, 0) is 43.2 Å². The highest BCUT2D eigenvalue weighted by atomic mass is 32.1. The number of carbonyl (C=O) groups is 1. The molecule has 2 unspecified atom stereocenters. The molecular formula is C16H21F3N2OS. The van der Waals surface area contributed by atoms with Crippen LogP contribution in [0.4, 0.5) is 13.2 Å². The first-order chi connectivity index (χ1) is 10.8. The number of hydrogen-bond donors (Lipinski definition) is 1. The highest BCUT2D eigenvalue weighted by molar-refractivity contribution is 7.10. The number of amides is 1. The van der Waals surface area contributed by atoms with E-state index < -0.39 is 12.7 Å². The van der Waals surface area contributed by atoms with Crippen molar-refractivity contribution in [2.45, 2.75) is 44.3 Å². The van der Waals surface area contributed by atoms with Gasteiger partial charge in [0.25, 0.3) is 0 Å². The summed E-state index contributed by atoms with van der Waals surface area (Å²) in [5.74, 6) is 0.443. The molecule has 1 aromatic rings. The summed E-state index contributed by atoms with van der Waals surface area (Å²) in [6.07, 6.45) is -2.07. The van der Waals surface area contributed by atoms with Crippen molar-refractivity contribution in [1.29, 1.82) is 0 Å². The maximum atomic E-state index is 12.4. The standard InChI is InChI=1S/C16H21F3N2OS/c1-10-4-7-23-14(10)12-8-13(12)15(22)20-11-2-5-21(6-3-11)9-16(17,18)19/h4,7,11-13H,2-3,5-6,8-9H2,1H3,(H,20,22). The Morgan fingerprint density at radius 3 is 2.65 bits per heavy atom. The Balaban J connectivity index is 1.43. The molecule has 1 amide bonds. The number of aryl methyl sites for hydroxylation is 1. The number of hydrogen-bond acceptors (Lipinski definition) is 3. The van der Waals surface area contributed by atoms with E-state index in [9.17, 15) is 18.0 Å². The molecule has 128 valence electrons. The van der Waals surface area contributed by atoms with Crippen LogP contribution in [0.25, 0.3) is 0 Å². The summed E-state index contributed by atoms with van der Waals surface area (Å²) < 4.78 is 37.1. The maximum absolute atomic E-state index is 12.4. The molecule has 2 atom stereocenters. The number of likely N-dealkylation sites (tertiary alicyclic amines) is 1. The molecule has 2 heterocycles. The molecule has 2 fully saturated rings. The van der Waals surface area contributed by atoms with Crippen LogP contribution in [-0.2, 0) is 4.79 Å². The molecule has 1 aliphatic carbocycles. The Labute approximate surface area is 137 Å². The van der Waals surface area contributed by atoms with Crippen molar-refractivity contribution in [1.82, 2.24) is 10.2 Å². The second-order valence-electron chi connectivity index (χ2n) is 6.59. The van der Waals surface area contributed by atoms with E-state index in [1.165, 1.54) is 15.3 Å². The van der Waals surface area contributed by atoms with Gasteiger partial charge < -0.3 is 5.32 Å². The van der Waals surface area contributed by atoms with Crippen molar-refractivity contribution in [3.63, 3.8) is 0 Å². The minimum Gasteiger partial charge on any atom is -0.353 e. The summed E-state index contributed by atoms with van der Waals surface area (Å²) in [4.78, 5) is 15.0. The minimum absolute atomic E-state index is 0.0117. The molecule has 7 heteroatoms. The summed E-state index contributed by atoms with van der Waals surface area (Å²) >= 11 is 1.70. The van der Waals surface area contributed by atoms with Gasteiger partial charge in [0.15, 0.2) is 0 Å². The first-order valence-corrected chi connectivity index (χ1v) is 8.85. The van der Waals surface area contributed by atoms with Crippen molar-refractivity contribution < 1.29 is 18.0 Å². The number of halogens is 3. The molecule has 1 saturated heterocycles. The topological polar surface area (TPSA) is 32.3 Å². The van der Waals surface area contributed by atoms with Gasteiger partial charge in [0, 0.05) is 35.8 Å². The van der Waals surface area contributed by atoms with Gasteiger partial charge in [-0.1, -0.05) is 0 Å². The number of piperidine rings is 1. The van der Waals surface area contributed by atoms with E-state index in [2.05, 4.69) is 18.3 Å². The molecule has 23 heavy (non-hydrogen) atoms. The Bertz CT molecular complexity index is 564. The van der Waals surface area contributed by atoms with Gasteiger partial charge in [0.2, 0.25) is 5.91 Å². The number of carbonyl (C=O) groups excluding carboxylic acids is 1. The highest BCUT2D eigenvalue weighted by Crippen LogP contribution is 2.50. The summed E-state index contributed by atoms with van der Waals surface area (Å²) in [6.45, 7) is 2.00. The largest absolute Gasteiger partial charge is 0.401 e. The predicted molar refractivity (Wildman–Crippen MR) is 83.6 cm³/mol. The van der Waals surface area contributed by atoms with Crippen LogP contribution in [0.2, 0.25) is 0 Å². The van der Waals surface area contributed by atoms with E-state index in [1.807, 2.05) is 5.38 Å². The fraction of sp³-hybridized carbons (Fsp3) is 0.688. The number of rotatable bonds is 4. The van der Waals surface area contributed by atoms with Crippen LogP contribution in [0.15, 0.2) is 11.4 Å². The van der Waals surface area contributed by atoms with Gasteiger partial charge in [-0.3, -0.25) is 9.69 Å². The third kappa shape index (κ3) is 4.26. The lowest BCUT2D eigenvalue weighted by molar-refractivity contribution is -0.148. The van der Waals surface area contributed by atoms with Gasteiger partial charge in [0.1, 0.15) is 0 Å². The Hall–Kier alpha value is -1.08. The fourth-order valence-electron chi connectivity index (χ4n) is 3.34. The van der Waals surface area contributed by atoms with Crippen LogP contribution >= 0.6 is 11.3 Å². The average Bonchev–Trinajstić information content (AvgIpc) is 3.14. The third-order valence-electron chi connectivity index (χ3n) is 4.70. The minimum atomic E-state index is -4.14. The zero-order chi connectivity index (χ0) is 16.6. The first-order valence-electron chi connectivity index (χ1n) is 7.97. The van der Waals surface area contributed by atoms with E-state index in [0.717, 1.165) is 6.42 Å². The molecular weight excluding hydrogens is 325 g/mol. The second-order valence-corrected chi connectivity index (χ2v) is 7.54. The summed E-state index contributed by atoms with van der Waals surface area (Å²) in [6, 6.07) is 2.08. The van der Waals surface area contributed by atoms with Crippen LogP contribution in [0.5, 0.6) is 0 Å². The van der Waals surface area contributed by atoms with Crippen LogP contribution < -0.4 is 5.32 Å². The quantitative estimate of drug-likeness (QED) is 0.907. The van der Waals surface area contributed by atoms with Crippen molar-refractivity contribution >= 4 is 17.2 Å². The van der Waals surface area contributed by atoms with Gasteiger partial charge in [-0.2, -0.15) is 13.2 Å². The third-order valence-corrected chi connectivity index (χ3v) is 5.85. The molecule has 0 radical (unpaired) electrons. The van der Waals surface area contributed by atoms with Crippen LogP contribution in [-0.4, -0.2) is 42.7 Å². The van der Waals surface area contributed by atoms with Crippen molar-refractivity contribution in [3.8, 4) is 0 Å². The summed E-state index contributed by atoms with van der Waals surface area (Å²) in [5, 5.41) is 5.08. The number of thiophene rings is 1. The normalized spacial score (nSPS) is 26.3. The molecule has 3 rings (SSSR count). The van der Waals surface area contributed by atoms with Gasteiger partial charge >= 0.3 is 6.18 Å². The highest BCUT2D eigenvalue weighted by Gasteiger charge is 2.45. The molecule has 2 aliphatic rings. The zero-order valence-electron chi connectivity index (χ0n) is 13.0. The smallest absolute Gasteiger partial charge is 0.353 e. The molecule has 1 aromatic heterocycles. The van der Waals surface area contributed by atoms with E-state index >= 15 is 0 Å². The zero-order valence-corrected chi connectivity index (χ0v) is 13.8. The molecule has 0 spiro atoms. The predicted octanol–water partition coefficient (Wildman–Crippen LogP) is 3.30. The van der Waals surface area contributed by atoms with E-state index in [1.54, 1.807) is 11.3 Å². The molecule has 0 bridgehead atoms. The van der Waals surface area contributed by atoms with Crippen molar-refractivity contribution in [2.75, 3.05) is 19.6 Å². The first kappa shape index (κ1) is 16.8. The second kappa shape index (κ2) is 6.43. The summed E-state index contributed by atoms with van der Waals surface area (Å²) in [7, 11) is 0. The summed E-state index contributed by atoms with van der Waals surface area (Å²) in [5.41, 5.74) is 1.25. The number of alkyl halides is 3. The lowest BCUT2D eigenvalue weighted by atomic mass is 10.0. The number of nitrogens with zero attached hydrogens (tertiary/aromatic N) is 1. The average molecular weight is 346 g/mol. The van der Waals surface area contributed by atoms with E-state index in [4.69, 9.17) is 0 Å². The Morgan fingerprint density at radius 2 is 2.09 bits per heavy atom.